The highest BCUT2D eigenvalue weighted by atomic mass is 32.2. The van der Waals surface area contributed by atoms with E-state index in [0.717, 1.165) is 11.3 Å². The summed E-state index contributed by atoms with van der Waals surface area (Å²) in [6, 6.07) is 9.41. The Morgan fingerprint density at radius 1 is 1.25 bits per heavy atom. The summed E-state index contributed by atoms with van der Waals surface area (Å²) >= 11 is 0. The van der Waals surface area contributed by atoms with Gasteiger partial charge in [0.2, 0.25) is 0 Å². The lowest BCUT2D eigenvalue weighted by Crippen LogP contribution is -2.38. The Balaban J connectivity index is 1.78. The van der Waals surface area contributed by atoms with Crippen LogP contribution in [0.1, 0.15) is 26.3 Å². The highest BCUT2D eigenvalue weighted by Crippen LogP contribution is 2.11. The third-order valence-corrected chi connectivity index (χ3v) is 5.33. The molecule has 7 heteroatoms. The lowest BCUT2D eigenvalue weighted by Gasteiger charge is -2.17. The summed E-state index contributed by atoms with van der Waals surface area (Å²) in [6.07, 6.45) is 3.59. The SMILES string of the molecule is CC(C)(C)[S@](=O)CCNC(=O)NCc1cccc(-n2cccn2)c1. The zero-order valence-corrected chi connectivity index (χ0v) is 15.1. The fraction of sp³-hybridized carbons (Fsp3) is 0.412. The van der Waals surface area contributed by atoms with Crippen LogP contribution in [0.2, 0.25) is 0 Å². The van der Waals surface area contributed by atoms with E-state index < -0.39 is 10.8 Å². The molecule has 1 aromatic heterocycles. The van der Waals surface area contributed by atoms with Crippen LogP contribution in [0.5, 0.6) is 0 Å². The van der Waals surface area contributed by atoms with Gasteiger partial charge in [-0.1, -0.05) is 12.1 Å². The molecule has 0 fully saturated rings. The maximum absolute atomic E-state index is 11.9. The van der Waals surface area contributed by atoms with Crippen molar-refractivity contribution in [2.75, 3.05) is 12.3 Å². The van der Waals surface area contributed by atoms with E-state index in [1.807, 2.05) is 57.3 Å². The molecule has 0 unspecified atom stereocenters. The minimum atomic E-state index is -0.966. The number of amides is 2. The van der Waals surface area contributed by atoms with Crippen LogP contribution in [-0.2, 0) is 17.3 Å². The third kappa shape index (κ3) is 5.49. The minimum absolute atomic E-state index is 0.259. The molecule has 2 amide bonds. The number of carbonyl (C=O) groups excluding carboxylic acids is 1. The van der Waals surface area contributed by atoms with Crippen molar-refractivity contribution in [2.45, 2.75) is 32.1 Å². The molecular formula is C17H24N4O2S. The molecule has 0 spiro atoms. The van der Waals surface area contributed by atoms with E-state index in [1.54, 1.807) is 10.9 Å². The normalized spacial score (nSPS) is 12.6. The zero-order chi connectivity index (χ0) is 17.6. The number of carbonyl (C=O) groups is 1. The number of hydrogen-bond acceptors (Lipinski definition) is 3. The molecular weight excluding hydrogens is 324 g/mol. The van der Waals surface area contributed by atoms with Crippen molar-refractivity contribution in [3.05, 3.63) is 48.3 Å². The van der Waals surface area contributed by atoms with Crippen LogP contribution in [0.25, 0.3) is 5.69 Å². The van der Waals surface area contributed by atoms with Crippen molar-refractivity contribution in [3.63, 3.8) is 0 Å². The predicted octanol–water partition coefficient (Wildman–Crippen LogP) is 2.22. The van der Waals surface area contributed by atoms with E-state index in [9.17, 15) is 9.00 Å². The second kappa shape index (κ2) is 8.10. The molecule has 0 saturated carbocycles. The first-order valence-electron chi connectivity index (χ1n) is 7.85. The van der Waals surface area contributed by atoms with Crippen molar-refractivity contribution in [2.24, 2.45) is 0 Å². The van der Waals surface area contributed by atoms with E-state index in [1.165, 1.54) is 0 Å². The second-order valence-electron chi connectivity index (χ2n) is 6.39. The van der Waals surface area contributed by atoms with Gasteiger partial charge in [0.15, 0.2) is 0 Å². The van der Waals surface area contributed by atoms with Gasteiger partial charge >= 0.3 is 6.03 Å². The maximum atomic E-state index is 11.9. The van der Waals surface area contributed by atoms with Crippen LogP contribution in [-0.4, -0.2) is 37.1 Å². The molecule has 2 N–H and O–H groups in total. The van der Waals surface area contributed by atoms with Crippen molar-refractivity contribution in [1.82, 2.24) is 20.4 Å². The Labute approximate surface area is 145 Å². The molecule has 1 atom stereocenters. The topological polar surface area (TPSA) is 76.0 Å². The first kappa shape index (κ1) is 18.2. The quantitative estimate of drug-likeness (QED) is 0.840. The van der Waals surface area contributed by atoms with Crippen molar-refractivity contribution >= 4 is 16.8 Å². The van der Waals surface area contributed by atoms with Crippen LogP contribution in [0, 0.1) is 0 Å². The number of nitrogens with one attached hydrogen (secondary N) is 2. The van der Waals surface area contributed by atoms with Gasteiger partial charge in [-0.25, -0.2) is 9.48 Å². The Kier molecular flexibility index (Phi) is 6.14. The molecule has 0 bridgehead atoms. The molecule has 0 radical (unpaired) electrons. The largest absolute Gasteiger partial charge is 0.337 e. The van der Waals surface area contributed by atoms with Crippen molar-refractivity contribution in [1.29, 1.82) is 0 Å². The first-order valence-corrected chi connectivity index (χ1v) is 9.17. The molecule has 0 aliphatic heterocycles. The van der Waals surface area contributed by atoms with Crippen LogP contribution >= 0.6 is 0 Å². The summed E-state index contributed by atoms with van der Waals surface area (Å²) in [6.45, 7) is 6.59. The lowest BCUT2D eigenvalue weighted by molar-refractivity contribution is 0.241. The van der Waals surface area contributed by atoms with Gasteiger partial charge in [0.25, 0.3) is 0 Å². The van der Waals surface area contributed by atoms with Gasteiger partial charge in [-0.2, -0.15) is 5.10 Å². The highest BCUT2D eigenvalue weighted by Gasteiger charge is 2.18. The summed E-state index contributed by atoms with van der Waals surface area (Å²) in [4.78, 5) is 11.8. The molecule has 130 valence electrons. The lowest BCUT2D eigenvalue weighted by atomic mass is 10.2. The molecule has 24 heavy (non-hydrogen) atoms. The third-order valence-electron chi connectivity index (χ3n) is 3.39. The van der Waals surface area contributed by atoms with Gasteiger partial charge in [-0.3, -0.25) is 4.21 Å². The number of rotatable bonds is 6. The molecule has 2 aromatic rings. The van der Waals surface area contributed by atoms with Crippen LogP contribution in [0.3, 0.4) is 0 Å². The van der Waals surface area contributed by atoms with E-state index in [4.69, 9.17) is 0 Å². The number of hydrogen-bond donors (Lipinski definition) is 2. The van der Waals surface area contributed by atoms with Gasteiger partial charge < -0.3 is 10.6 Å². The first-order chi connectivity index (χ1) is 11.4. The Hall–Kier alpha value is -2.15. The average Bonchev–Trinajstić information content (AvgIpc) is 3.06. The highest BCUT2D eigenvalue weighted by molar-refractivity contribution is 7.86. The summed E-state index contributed by atoms with van der Waals surface area (Å²) < 4.78 is 13.4. The number of nitrogens with zero attached hydrogens (tertiary/aromatic N) is 2. The summed E-state index contributed by atoms with van der Waals surface area (Å²) in [5.41, 5.74) is 1.93. The number of aromatic nitrogens is 2. The Morgan fingerprint density at radius 3 is 2.71 bits per heavy atom. The summed E-state index contributed by atoms with van der Waals surface area (Å²) in [7, 11) is -0.966. The van der Waals surface area contributed by atoms with Crippen molar-refractivity contribution < 1.29 is 9.00 Å². The van der Waals surface area contributed by atoms with Crippen LogP contribution in [0.4, 0.5) is 4.79 Å². The molecule has 6 nitrogen and oxygen atoms in total. The summed E-state index contributed by atoms with van der Waals surface area (Å²) in [5, 5.41) is 9.73. The van der Waals surface area contributed by atoms with E-state index in [2.05, 4.69) is 15.7 Å². The van der Waals surface area contributed by atoms with Gasteiger partial charge in [-0.05, 0) is 44.5 Å². The summed E-state index contributed by atoms with van der Waals surface area (Å²) in [5.74, 6) is 0.450. The number of urea groups is 1. The van der Waals surface area contributed by atoms with Gasteiger partial charge in [0.05, 0.1) is 5.69 Å². The van der Waals surface area contributed by atoms with E-state index >= 15 is 0 Å². The Bertz CT molecular complexity index is 693. The fourth-order valence-corrected chi connectivity index (χ4v) is 2.94. The molecule has 0 saturated heterocycles. The monoisotopic (exact) mass is 348 g/mol. The smallest absolute Gasteiger partial charge is 0.315 e. The van der Waals surface area contributed by atoms with Gasteiger partial charge in [0, 0.05) is 46.8 Å². The molecule has 0 aliphatic carbocycles. The Morgan fingerprint density at radius 2 is 2.04 bits per heavy atom. The minimum Gasteiger partial charge on any atom is -0.337 e. The standard InChI is InChI=1S/C17H24N4O2S/c1-17(2,3)24(23)11-9-18-16(22)19-13-14-6-4-7-15(12-14)21-10-5-8-20-21/h4-8,10,12H,9,11,13H2,1-3H3,(H2,18,19,22)/t24-/m1/s1. The van der Waals surface area contributed by atoms with E-state index in [0.29, 0.717) is 18.8 Å². The molecule has 1 aromatic carbocycles. The fourth-order valence-electron chi connectivity index (χ4n) is 2.04. The van der Waals surface area contributed by atoms with Crippen LogP contribution in [0.15, 0.2) is 42.7 Å². The maximum Gasteiger partial charge on any atom is 0.315 e. The number of benzene rings is 1. The van der Waals surface area contributed by atoms with Gasteiger partial charge in [-0.15, -0.1) is 0 Å². The molecule has 0 aliphatic rings. The van der Waals surface area contributed by atoms with Crippen LogP contribution < -0.4 is 10.6 Å². The molecule has 2 rings (SSSR count). The molecule has 1 heterocycles. The zero-order valence-electron chi connectivity index (χ0n) is 14.3. The average molecular weight is 348 g/mol. The second-order valence-corrected chi connectivity index (χ2v) is 8.72. The van der Waals surface area contributed by atoms with Crippen molar-refractivity contribution in [3.8, 4) is 5.69 Å². The van der Waals surface area contributed by atoms with Gasteiger partial charge in [0.1, 0.15) is 0 Å². The predicted molar refractivity (Wildman–Crippen MR) is 96.6 cm³/mol. The van der Waals surface area contributed by atoms with E-state index in [-0.39, 0.29) is 10.8 Å².